The molecule has 1 aromatic carbocycles. The molecule has 72 valence electrons. The SMILES string of the molecule is CNC(=O)NCc1cccc(C#N)c1. The van der Waals surface area contributed by atoms with E-state index in [9.17, 15) is 4.79 Å². The van der Waals surface area contributed by atoms with Gasteiger partial charge in [0.15, 0.2) is 0 Å². The second-order valence-corrected chi connectivity index (χ2v) is 2.74. The Bertz CT molecular complexity index is 368. The van der Waals surface area contributed by atoms with Crippen molar-refractivity contribution >= 4 is 6.03 Å². The molecule has 0 unspecified atom stereocenters. The summed E-state index contributed by atoms with van der Waals surface area (Å²) < 4.78 is 0. The lowest BCUT2D eigenvalue weighted by Crippen LogP contribution is -2.32. The molecule has 4 heteroatoms. The van der Waals surface area contributed by atoms with Crippen LogP contribution in [0.15, 0.2) is 24.3 Å². The summed E-state index contributed by atoms with van der Waals surface area (Å²) in [4.78, 5) is 10.9. The van der Waals surface area contributed by atoms with Crippen LogP contribution in [0.2, 0.25) is 0 Å². The number of amides is 2. The highest BCUT2D eigenvalue weighted by Crippen LogP contribution is 2.03. The molecular weight excluding hydrogens is 178 g/mol. The average molecular weight is 189 g/mol. The van der Waals surface area contributed by atoms with E-state index in [1.54, 1.807) is 25.2 Å². The predicted molar refractivity (Wildman–Crippen MR) is 52.5 cm³/mol. The molecule has 0 radical (unpaired) electrons. The van der Waals surface area contributed by atoms with Crippen molar-refractivity contribution in [2.75, 3.05) is 7.05 Å². The Morgan fingerprint density at radius 3 is 3.00 bits per heavy atom. The van der Waals surface area contributed by atoms with E-state index in [2.05, 4.69) is 10.6 Å². The summed E-state index contributed by atoms with van der Waals surface area (Å²) in [5.41, 5.74) is 1.51. The molecule has 0 spiro atoms. The van der Waals surface area contributed by atoms with Gasteiger partial charge in [-0.2, -0.15) is 5.26 Å². The van der Waals surface area contributed by atoms with Crippen LogP contribution in [0.3, 0.4) is 0 Å². The van der Waals surface area contributed by atoms with Crippen molar-refractivity contribution in [3.63, 3.8) is 0 Å². The van der Waals surface area contributed by atoms with Crippen molar-refractivity contribution in [1.29, 1.82) is 5.26 Å². The van der Waals surface area contributed by atoms with Gasteiger partial charge in [-0.25, -0.2) is 4.79 Å². The van der Waals surface area contributed by atoms with E-state index in [0.717, 1.165) is 5.56 Å². The van der Waals surface area contributed by atoms with Gasteiger partial charge >= 0.3 is 6.03 Å². The van der Waals surface area contributed by atoms with Crippen LogP contribution in [-0.4, -0.2) is 13.1 Å². The number of carbonyl (C=O) groups excluding carboxylic acids is 1. The minimum absolute atomic E-state index is 0.229. The van der Waals surface area contributed by atoms with Gasteiger partial charge in [0.2, 0.25) is 0 Å². The minimum Gasteiger partial charge on any atom is -0.341 e. The van der Waals surface area contributed by atoms with Gasteiger partial charge in [-0.15, -0.1) is 0 Å². The molecule has 0 aliphatic rings. The van der Waals surface area contributed by atoms with Crippen molar-refractivity contribution in [2.45, 2.75) is 6.54 Å². The Morgan fingerprint density at radius 1 is 1.57 bits per heavy atom. The highest BCUT2D eigenvalue weighted by Gasteiger charge is 1.97. The number of carbonyl (C=O) groups is 1. The molecule has 0 saturated carbocycles. The fourth-order valence-corrected chi connectivity index (χ4v) is 1.02. The van der Waals surface area contributed by atoms with Crippen LogP contribution >= 0.6 is 0 Å². The zero-order valence-corrected chi connectivity index (χ0v) is 7.87. The topological polar surface area (TPSA) is 64.9 Å². The maximum atomic E-state index is 10.9. The zero-order valence-electron chi connectivity index (χ0n) is 7.87. The first-order valence-corrected chi connectivity index (χ1v) is 4.21. The first-order valence-electron chi connectivity index (χ1n) is 4.21. The Hall–Kier alpha value is -2.02. The second kappa shape index (κ2) is 4.87. The number of rotatable bonds is 2. The van der Waals surface area contributed by atoms with Crippen molar-refractivity contribution in [3.8, 4) is 6.07 Å². The predicted octanol–water partition coefficient (Wildman–Crippen LogP) is 0.987. The summed E-state index contributed by atoms with van der Waals surface area (Å²) in [6.07, 6.45) is 0. The molecule has 0 aromatic heterocycles. The van der Waals surface area contributed by atoms with Gasteiger partial charge in [0.05, 0.1) is 11.6 Å². The van der Waals surface area contributed by atoms with Crippen molar-refractivity contribution < 1.29 is 4.79 Å². The fourth-order valence-electron chi connectivity index (χ4n) is 1.02. The number of hydrogen-bond donors (Lipinski definition) is 2. The molecule has 0 atom stereocenters. The zero-order chi connectivity index (χ0) is 10.4. The number of benzene rings is 1. The number of urea groups is 1. The fraction of sp³-hybridized carbons (Fsp3) is 0.200. The van der Waals surface area contributed by atoms with Crippen LogP contribution in [-0.2, 0) is 6.54 Å². The molecule has 2 amide bonds. The molecular formula is C10H11N3O. The van der Waals surface area contributed by atoms with Crippen LogP contribution in [0, 0.1) is 11.3 Å². The highest BCUT2D eigenvalue weighted by atomic mass is 16.2. The van der Waals surface area contributed by atoms with Crippen molar-refractivity contribution in [2.24, 2.45) is 0 Å². The molecule has 1 rings (SSSR count). The second-order valence-electron chi connectivity index (χ2n) is 2.74. The van der Waals surface area contributed by atoms with E-state index >= 15 is 0 Å². The lowest BCUT2D eigenvalue weighted by atomic mass is 10.1. The van der Waals surface area contributed by atoms with Gasteiger partial charge in [0.1, 0.15) is 0 Å². The molecule has 14 heavy (non-hydrogen) atoms. The number of nitriles is 1. The smallest absolute Gasteiger partial charge is 0.314 e. The third-order valence-electron chi connectivity index (χ3n) is 1.74. The summed E-state index contributed by atoms with van der Waals surface area (Å²) in [5.74, 6) is 0. The van der Waals surface area contributed by atoms with Gasteiger partial charge in [-0.3, -0.25) is 0 Å². The molecule has 0 bridgehead atoms. The summed E-state index contributed by atoms with van der Waals surface area (Å²) in [7, 11) is 1.56. The van der Waals surface area contributed by atoms with Crippen LogP contribution in [0.1, 0.15) is 11.1 Å². The summed E-state index contributed by atoms with van der Waals surface area (Å²) in [6, 6.07) is 8.93. The molecule has 0 heterocycles. The van der Waals surface area contributed by atoms with Gasteiger partial charge in [0, 0.05) is 13.6 Å². The molecule has 0 aliphatic carbocycles. The van der Waals surface area contributed by atoms with Gasteiger partial charge in [0.25, 0.3) is 0 Å². The first-order chi connectivity index (χ1) is 6.76. The van der Waals surface area contributed by atoms with Gasteiger partial charge in [-0.1, -0.05) is 12.1 Å². The molecule has 1 aromatic rings. The van der Waals surface area contributed by atoms with E-state index in [1.165, 1.54) is 0 Å². The largest absolute Gasteiger partial charge is 0.341 e. The Labute approximate surface area is 82.5 Å². The van der Waals surface area contributed by atoms with Gasteiger partial charge in [-0.05, 0) is 17.7 Å². The summed E-state index contributed by atoms with van der Waals surface area (Å²) >= 11 is 0. The normalized spacial score (nSPS) is 8.86. The molecule has 0 saturated heterocycles. The molecule has 0 aliphatic heterocycles. The number of hydrogen-bond acceptors (Lipinski definition) is 2. The van der Waals surface area contributed by atoms with Crippen LogP contribution in [0.25, 0.3) is 0 Å². The number of nitrogens with one attached hydrogen (secondary N) is 2. The van der Waals surface area contributed by atoms with Crippen molar-refractivity contribution in [3.05, 3.63) is 35.4 Å². The standard InChI is InChI=1S/C10H11N3O/c1-12-10(14)13-7-9-4-2-3-8(5-9)6-11/h2-5H,7H2,1H3,(H2,12,13,14). The Balaban J connectivity index is 2.60. The lowest BCUT2D eigenvalue weighted by molar-refractivity contribution is 0.242. The molecule has 2 N–H and O–H groups in total. The summed E-state index contributed by atoms with van der Waals surface area (Å²) in [6.45, 7) is 0.426. The average Bonchev–Trinajstić information content (AvgIpc) is 2.26. The minimum atomic E-state index is -0.229. The van der Waals surface area contributed by atoms with E-state index in [1.807, 2.05) is 12.1 Å². The van der Waals surface area contributed by atoms with Crippen LogP contribution in [0.4, 0.5) is 4.79 Å². The van der Waals surface area contributed by atoms with E-state index in [0.29, 0.717) is 12.1 Å². The monoisotopic (exact) mass is 189 g/mol. The molecule has 4 nitrogen and oxygen atoms in total. The molecule has 0 fully saturated rings. The maximum absolute atomic E-state index is 10.9. The Morgan fingerprint density at radius 2 is 2.36 bits per heavy atom. The van der Waals surface area contributed by atoms with Crippen LogP contribution in [0.5, 0.6) is 0 Å². The quantitative estimate of drug-likeness (QED) is 0.728. The first kappa shape index (κ1) is 10.1. The Kier molecular flexibility index (Phi) is 3.50. The van der Waals surface area contributed by atoms with Crippen molar-refractivity contribution in [1.82, 2.24) is 10.6 Å². The number of nitrogens with zero attached hydrogens (tertiary/aromatic N) is 1. The summed E-state index contributed by atoms with van der Waals surface area (Å²) in [5, 5.41) is 13.7. The lowest BCUT2D eigenvalue weighted by Gasteiger charge is -2.04. The third kappa shape index (κ3) is 2.79. The van der Waals surface area contributed by atoms with Crippen LogP contribution < -0.4 is 10.6 Å². The highest BCUT2D eigenvalue weighted by molar-refractivity contribution is 5.73. The van der Waals surface area contributed by atoms with E-state index in [4.69, 9.17) is 5.26 Å². The van der Waals surface area contributed by atoms with E-state index in [-0.39, 0.29) is 6.03 Å². The van der Waals surface area contributed by atoms with E-state index < -0.39 is 0 Å². The third-order valence-corrected chi connectivity index (χ3v) is 1.74. The maximum Gasteiger partial charge on any atom is 0.314 e. The van der Waals surface area contributed by atoms with Gasteiger partial charge < -0.3 is 10.6 Å².